The Kier molecular flexibility index (Phi) is 5.34. The van der Waals surface area contributed by atoms with Crippen LogP contribution in [0, 0.1) is 11.3 Å². The lowest BCUT2D eigenvalue weighted by molar-refractivity contribution is 1.20. The van der Waals surface area contributed by atoms with Crippen molar-refractivity contribution >= 4 is 23.2 Å². The summed E-state index contributed by atoms with van der Waals surface area (Å²) >= 11 is 0. The largest absolute Gasteiger partial charge is 0.193 e. The lowest BCUT2D eigenvalue weighted by atomic mass is 10.2. The summed E-state index contributed by atoms with van der Waals surface area (Å²) in [7, 11) is -2.25. The molecule has 4 aromatic rings. The minimum absolute atomic E-state index is 0.263. The van der Waals surface area contributed by atoms with E-state index in [2.05, 4.69) is 91.0 Å². The lowest BCUT2D eigenvalue weighted by Crippen LogP contribution is -2.34. The third kappa shape index (κ3) is 3.13. The first kappa shape index (κ1) is 18.2. The van der Waals surface area contributed by atoms with Gasteiger partial charge in [-0.05, 0) is 36.4 Å². The minimum atomic E-state index is -2.25. The zero-order valence-corrected chi connectivity index (χ0v) is 16.4. The maximum Gasteiger partial charge on any atom is 0.193 e. The van der Waals surface area contributed by atoms with Crippen LogP contribution in [0.1, 0.15) is 11.2 Å². The fourth-order valence-electron chi connectivity index (χ4n) is 3.90. The Hall–Kier alpha value is -3.20. The molecule has 2 heteroatoms. The molecule has 0 fully saturated rings. The molecule has 1 atom stereocenters. The van der Waals surface area contributed by atoms with Gasteiger partial charge in [0, 0.05) is 5.56 Å². The van der Waals surface area contributed by atoms with E-state index in [1.54, 1.807) is 0 Å². The van der Waals surface area contributed by atoms with Crippen LogP contribution in [0.2, 0.25) is 0 Å². The molecule has 1 unspecified atom stereocenters. The van der Waals surface area contributed by atoms with Crippen molar-refractivity contribution in [3.8, 4) is 6.07 Å². The monoisotopic (exact) mass is 378 g/mol. The highest BCUT2D eigenvalue weighted by molar-refractivity contribution is 7.96. The SMILES string of the molecule is N#CC(c1ccccc1)[P+](c1ccccc1)(c1ccccc1)c1ccccc1. The van der Waals surface area contributed by atoms with Crippen LogP contribution in [0.15, 0.2) is 121 Å². The summed E-state index contributed by atoms with van der Waals surface area (Å²) in [6.45, 7) is 0. The van der Waals surface area contributed by atoms with Gasteiger partial charge in [0.15, 0.2) is 5.66 Å². The molecule has 0 aromatic heterocycles. The van der Waals surface area contributed by atoms with E-state index in [1.807, 2.05) is 36.4 Å². The number of hydrogen-bond donors (Lipinski definition) is 0. The summed E-state index contributed by atoms with van der Waals surface area (Å²) in [4.78, 5) is 0. The first-order valence-corrected chi connectivity index (χ1v) is 11.2. The summed E-state index contributed by atoms with van der Waals surface area (Å²) in [5, 5.41) is 14.2. The Morgan fingerprint density at radius 2 is 0.821 bits per heavy atom. The molecule has 28 heavy (non-hydrogen) atoms. The molecule has 0 N–H and O–H groups in total. The molecule has 134 valence electrons. The highest BCUT2D eigenvalue weighted by Crippen LogP contribution is 2.66. The molecule has 0 amide bonds. The molecule has 0 aliphatic rings. The number of benzene rings is 4. The van der Waals surface area contributed by atoms with E-state index in [4.69, 9.17) is 0 Å². The van der Waals surface area contributed by atoms with E-state index in [9.17, 15) is 5.26 Å². The molecule has 1 nitrogen and oxygen atoms in total. The first-order chi connectivity index (χ1) is 13.9. The highest BCUT2D eigenvalue weighted by atomic mass is 31.2. The second-order valence-electron chi connectivity index (χ2n) is 6.67. The van der Waals surface area contributed by atoms with Crippen LogP contribution in [0.4, 0.5) is 0 Å². The van der Waals surface area contributed by atoms with Gasteiger partial charge < -0.3 is 0 Å². The van der Waals surface area contributed by atoms with E-state index in [1.165, 1.54) is 15.9 Å². The van der Waals surface area contributed by atoms with Crippen molar-refractivity contribution in [3.63, 3.8) is 0 Å². The van der Waals surface area contributed by atoms with E-state index >= 15 is 0 Å². The Labute approximate surface area is 167 Å². The number of hydrogen-bond acceptors (Lipinski definition) is 1. The predicted molar refractivity (Wildman–Crippen MR) is 120 cm³/mol. The molecule has 0 heterocycles. The van der Waals surface area contributed by atoms with Crippen LogP contribution in [0.3, 0.4) is 0 Å². The van der Waals surface area contributed by atoms with E-state index in [0.717, 1.165) is 5.56 Å². The quantitative estimate of drug-likeness (QED) is 0.436. The second-order valence-corrected chi connectivity index (χ2v) is 10.2. The Balaban J connectivity index is 2.12. The fraction of sp³-hybridized carbons (Fsp3) is 0.0385. The molecule has 0 saturated heterocycles. The Bertz CT molecular complexity index is 958. The second kappa shape index (κ2) is 8.22. The number of nitrogens with zero attached hydrogens (tertiary/aromatic N) is 1. The summed E-state index contributed by atoms with van der Waals surface area (Å²) in [5.74, 6) is 0. The molecule has 0 saturated carbocycles. The van der Waals surface area contributed by atoms with Crippen molar-refractivity contribution in [2.75, 3.05) is 0 Å². The van der Waals surface area contributed by atoms with Crippen molar-refractivity contribution < 1.29 is 0 Å². The normalized spacial score (nSPS) is 12.1. The summed E-state index contributed by atoms with van der Waals surface area (Å²) < 4.78 is 0. The van der Waals surface area contributed by atoms with Crippen LogP contribution < -0.4 is 15.9 Å². The molecule has 0 radical (unpaired) electrons. The molecule has 4 rings (SSSR count). The third-order valence-electron chi connectivity index (χ3n) is 5.12. The van der Waals surface area contributed by atoms with Gasteiger partial charge in [-0.3, -0.25) is 0 Å². The Morgan fingerprint density at radius 1 is 0.500 bits per heavy atom. The fourth-order valence-corrected chi connectivity index (χ4v) is 8.41. The summed E-state index contributed by atoms with van der Waals surface area (Å²) in [5.41, 5.74) is 0.802. The lowest BCUT2D eigenvalue weighted by Gasteiger charge is -2.31. The molecule has 0 spiro atoms. The first-order valence-electron chi connectivity index (χ1n) is 9.37. The maximum atomic E-state index is 10.5. The van der Waals surface area contributed by atoms with Crippen molar-refractivity contribution in [1.82, 2.24) is 0 Å². The smallest absolute Gasteiger partial charge is 0.193 e. The molecule has 0 bridgehead atoms. The zero-order chi connectivity index (χ0) is 19.2. The van der Waals surface area contributed by atoms with Crippen LogP contribution in [0.5, 0.6) is 0 Å². The van der Waals surface area contributed by atoms with Gasteiger partial charge in [0.2, 0.25) is 0 Å². The minimum Gasteiger partial charge on any atom is -0.193 e. The number of rotatable bonds is 5. The predicted octanol–water partition coefficient (Wildman–Crippen LogP) is 5.25. The van der Waals surface area contributed by atoms with Crippen molar-refractivity contribution in [2.24, 2.45) is 0 Å². The highest BCUT2D eigenvalue weighted by Gasteiger charge is 2.53. The molecular formula is C26H21NP+. The van der Waals surface area contributed by atoms with Gasteiger partial charge in [0.1, 0.15) is 29.2 Å². The summed E-state index contributed by atoms with van der Waals surface area (Å²) in [6, 6.07) is 44.6. The van der Waals surface area contributed by atoms with E-state index in [0.29, 0.717) is 0 Å². The van der Waals surface area contributed by atoms with Crippen LogP contribution in [-0.4, -0.2) is 0 Å². The van der Waals surface area contributed by atoms with Gasteiger partial charge in [0.25, 0.3) is 0 Å². The maximum absolute atomic E-state index is 10.5. The summed E-state index contributed by atoms with van der Waals surface area (Å²) in [6.07, 6.45) is 0. The van der Waals surface area contributed by atoms with E-state index in [-0.39, 0.29) is 5.66 Å². The van der Waals surface area contributed by atoms with Crippen molar-refractivity contribution in [2.45, 2.75) is 5.66 Å². The van der Waals surface area contributed by atoms with E-state index < -0.39 is 7.26 Å². The van der Waals surface area contributed by atoms with Crippen molar-refractivity contribution in [1.29, 1.82) is 5.26 Å². The zero-order valence-electron chi connectivity index (χ0n) is 15.5. The Morgan fingerprint density at radius 3 is 1.14 bits per heavy atom. The van der Waals surface area contributed by atoms with Crippen LogP contribution in [-0.2, 0) is 0 Å². The molecule has 0 aliphatic heterocycles. The molecule has 4 aromatic carbocycles. The van der Waals surface area contributed by atoms with Gasteiger partial charge in [0.05, 0.1) is 0 Å². The standard InChI is InChI=1S/C26H21NP/c27-21-26(22-13-5-1-6-14-22)28(23-15-7-2-8-16-23,24-17-9-3-10-18-24)25-19-11-4-12-20-25/h1-20,26H/q+1. The molecular weight excluding hydrogens is 357 g/mol. The van der Waals surface area contributed by atoms with Gasteiger partial charge in [-0.25, -0.2) is 0 Å². The average Bonchev–Trinajstić information content (AvgIpc) is 2.80. The molecule has 0 aliphatic carbocycles. The van der Waals surface area contributed by atoms with Gasteiger partial charge in [-0.1, -0.05) is 84.9 Å². The van der Waals surface area contributed by atoms with Gasteiger partial charge in [-0.2, -0.15) is 5.26 Å². The number of nitriles is 1. The average molecular weight is 378 g/mol. The third-order valence-corrected chi connectivity index (χ3v) is 9.64. The van der Waals surface area contributed by atoms with Gasteiger partial charge in [-0.15, -0.1) is 0 Å². The van der Waals surface area contributed by atoms with Crippen molar-refractivity contribution in [3.05, 3.63) is 127 Å². The van der Waals surface area contributed by atoms with Gasteiger partial charge >= 0.3 is 0 Å². The van der Waals surface area contributed by atoms with Crippen LogP contribution >= 0.6 is 7.26 Å². The van der Waals surface area contributed by atoms with Crippen LogP contribution in [0.25, 0.3) is 0 Å². The topological polar surface area (TPSA) is 23.8 Å².